The normalized spacial score (nSPS) is 10.1. The number of thiocarbonyl (C=S) groups is 1. The summed E-state index contributed by atoms with van der Waals surface area (Å²) in [5.74, 6) is -2.13. The molecule has 0 amide bonds. The van der Waals surface area contributed by atoms with Crippen LogP contribution in [0.5, 0.6) is 0 Å². The molecular weight excluding hydrogens is 258 g/mol. The number of rotatable bonds is 3. The van der Waals surface area contributed by atoms with Crippen molar-refractivity contribution < 1.29 is 8.78 Å². The van der Waals surface area contributed by atoms with E-state index in [0.29, 0.717) is 5.69 Å². The van der Waals surface area contributed by atoms with Crippen molar-refractivity contribution in [3.8, 4) is 0 Å². The number of benzene rings is 1. The van der Waals surface area contributed by atoms with E-state index < -0.39 is 11.6 Å². The maximum atomic E-state index is 13.7. The van der Waals surface area contributed by atoms with Gasteiger partial charge >= 0.3 is 0 Å². The van der Waals surface area contributed by atoms with Gasteiger partial charge in [0, 0.05) is 5.56 Å². The van der Waals surface area contributed by atoms with Crippen LogP contribution in [0.4, 0.5) is 20.2 Å². The summed E-state index contributed by atoms with van der Waals surface area (Å²) in [6, 6.07) is 2.66. The molecular formula is C11H8F2N4S. The van der Waals surface area contributed by atoms with Crippen molar-refractivity contribution in [3.63, 3.8) is 0 Å². The highest BCUT2D eigenvalue weighted by molar-refractivity contribution is 7.80. The van der Waals surface area contributed by atoms with Gasteiger partial charge in [-0.1, -0.05) is 12.2 Å². The predicted octanol–water partition coefficient (Wildman–Crippen LogP) is 2.13. The van der Waals surface area contributed by atoms with Gasteiger partial charge < -0.3 is 11.1 Å². The Labute approximate surface area is 107 Å². The molecule has 3 N–H and O–H groups in total. The first kappa shape index (κ1) is 12.3. The largest absolute Gasteiger partial charge is 0.389 e. The summed E-state index contributed by atoms with van der Waals surface area (Å²) in [6.07, 6.45) is 4.20. The van der Waals surface area contributed by atoms with Crippen LogP contribution in [0, 0.1) is 11.6 Å². The molecule has 0 bridgehead atoms. The van der Waals surface area contributed by atoms with Crippen molar-refractivity contribution >= 4 is 28.6 Å². The van der Waals surface area contributed by atoms with Crippen molar-refractivity contribution in [2.75, 3.05) is 5.32 Å². The number of anilines is 2. The standard InChI is InChI=1S/C11H8F2N4S/c12-9-7(11(14)18)1-2-8(10(9)13)17-6-3-15-5-16-4-6/h1-5,17H,(H2,14,18). The molecule has 0 radical (unpaired) electrons. The van der Waals surface area contributed by atoms with Crippen molar-refractivity contribution in [2.24, 2.45) is 5.73 Å². The predicted molar refractivity (Wildman–Crippen MR) is 67.6 cm³/mol. The Bertz CT molecular complexity index is 589. The van der Waals surface area contributed by atoms with E-state index in [4.69, 9.17) is 5.73 Å². The van der Waals surface area contributed by atoms with Crippen LogP contribution in [0.15, 0.2) is 30.9 Å². The van der Waals surface area contributed by atoms with Crippen molar-refractivity contribution in [1.82, 2.24) is 9.97 Å². The molecule has 2 aromatic rings. The van der Waals surface area contributed by atoms with E-state index in [1.54, 1.807) is 0 Å². The smallest absolute Gasteiger partial charge is 0.182 e. The molecule has 2 rings (SSSR count). The van der Waals surface area contributed by atoms with E-state index in [1.165, 1.54) is 30.9 Å². The quantitative estimate of drug-likeness (QED) is 0.833. The van der Waals surface area contributed by atoms with Crippen molar-refractivity contribution in [3.05, 3.63) is 48.1 Å². The highest BCUT2D eigenvalue weighted by atomic mass is 32.1. The Morgan fingerprint density at radius 1 is 1.17 bits per heavy atom. The molecule has 0 aliphatic heterocycles. The first-order chi connectivity index (χ1) is 8.59. The van der Waals surface area contributed by atoms with Crippen LogP contribution in [-0.2, 0) is 0 Å². The van der Waals surface area contributed by atoms with E-state index in [-0.39, 0.29) is 16.2 Å². The number of hydrogen-bond donors (Lipinski definition) is 2. The molecule has 0 aliphatic rings. The molecule has 0 unspecified atom stereocenters. The highest BCUT2D eigenvalue weighted by Gasteiger charge is 2.15. The molecule has 0 saturated carbocycles. The number of nitrogens with two attached hydrogens (primary N) is 1. The van der Waals surface area contributed by atoms with Gasteiger partial charge in [-0.15, -0.1) is 0 Å². The van der Waals surface area contributed by atoms with Gasteiger partial charge in [-0.2, -0.15) is 0 Å². The van der Waals surface area contributed by atoms with E-state index in [1.807, 2.05) is 0 Å². The minimum atomic E-state index is -1.08. The second kappa shape index (κ2) is 5.01. The molecule has 0 atom stereocenters. The molecule has 4 nitrogen and oxygen atoms in total. The van der Waals surface area contributed by atoms with E-state index >= 15 is 0 Å². The second-order valence-electron chi connectivity index (χ2n) is 3.41. The minimum absolute atomic E-state index is 0.0395. The van der Waals surface area contributed by atoms with Crippen LogP contribution in [0.3, 0.4) is 0 Å². The van der Waals surface area contributed by atoms with E-state index in [9.17, 15) is 8.78 Å². The van der Waals surface area contributed by atoms with Crippen molar-refractivity contribution in [2.45, 2.75) is 0 Å². The zero-order valence-corrected chi connectivity index (χ0v) is 9.84. The number of hydrogen-bond acceptors (Lipinski definition) is 4. The van der Waals surface area contributed by atoms with Gasteiger partial charge in [0.2, 0.25) is 0 Å². The van der Waals surface area contributed by atoms with Gasteiger partial charge in [-0.05, 0) is 12.1 Å². The summed E-state index contributed by atoms with van der Waals surface area (Å²) in [7, 11) is 0. The van der Waals surface area contributed by atoms with Gasteiger partial charge in [0.15, 0.2) is 11.6 Å². The summed E-state index contributed by atoms with van der Waals surface area (Å²) < 4.78 is 27.3. The monoisotopic (exact) mass is 266 g/mol. The number of aromatic nitrogens is 2. The Morgan fingerprint density at radius 2 is 1.83 bits per heavy atom. The Balaban J connectivity index is 2.36. The van der Waals surface area contributed by atoms with Gasteiger partial charge in [-0.3, -0.25) is 0 Å². The zero-order valence-electron chi connectivity index (χ0n) is 9.02. The Morgan fingerprint density at radius 3 is 2.44 bits per heavy atom. The molecule has 0 saturated heterocycles. The average molecular weight is 266 g/mol. The Hall–Kier alpha value is -2.15. The average Bonchev–Trinajstić information content (AvgIpc) is 2.36. The van der Waals surface area contributed by atoms with E-state index in [2.05, 4.69) is 27.5 Å². The topological polar surface area (TPSA) is 63.8 Å². The third-order valence-corrected chi connectivity index (χ3v) is 2.41. The number of nitrogens with one attached hydrogen (secondary N) is 1. The maximum Gasteiger partial charge on any atom is 0.182 e. The summed E-state index contributed by atoms with van der Waals surface area (Å²) in [5, 5.41) is 2.66. The molecule has 0 fully saturated rings. The zero-order chi connectivity index (χ0) is 13.1. The molecule has 1 aromatic carbocycles. The van der Waals surface area contributed by atoms with Crippen LogP contribution >= 0.6 is 12.2 Å². The third kappa shape index (κ3) is 2.40. The fourth-order valence-electron chi connectivity index (χ4n) is 1.36. The van der Waals surface area contributed by atoms with Crippen LogP contribution < -0.4 is 11.1 Å². The lowest BCUT2D eigenvalue weighted by molar-refractivity contribution is 0.510. The minimum Gasteiger partial charge on any atom is -0.389 e. The first-order valence-electron chi connectivity index (χ1n) is 4.89. The third-order valence-electron chi connectivity index (χ3n) is 2.19. The van der Waals surface area contributed by atoms with Gasteiger partial charge in [0.1, 0.15) is 11.3 Å². The van der Waals surface area contributed by atoms with Gasteiger partial charge in [0.05, 0.1) is 23.8 Å². The SMILES string of the molecule is NC(=S)c1ccc(Nc2cncnc2)c(F)c1F. The lowest BCUT2D eigenvalue weighted by Gasteiger charge is -2.09. The molecule has 7 heteroatoms. The maximum absolute atomic E-state index is 13.7. The molecule has 0 spiro atoms. The van der Waals surface area contributed by atoms with Crippen molar-refractivity contribution in [1.29, 1.82) is 0 Å². The summed E-state index contributed by atoms with van der Waals surface area (Å²) in [6.45, 7) is 0. The van der Waals surface area contributed by atoms with Crippen LogP contribution in [0.2, 0.25) is 0 Å². The summed E-state index contributed by atoms with van der Waals surface area (Å²) in [5.41, 5.74) is 5.55. The lowest BCUT2D eigenvalue weighted by Crippen LogP contribution is -2.13. The summed E-state index contributed by atoms with van der Waals surface area (Å²) in [4.78, 5) is 7.30. The number of nitrogens with zero attached hydrogens (tertiary/aromatic N) is 2. The first-order valence-corrected chi connectivity index (χ1v) is 5.30. The summed E-state index contributed by atoms with van der Waals surface area (Å²) >= 11 is 4.61. The molecule has 1 heterocycles. The molecule has 1 aromatic heterocycles. The molecule has 92 valence electrons. The van der Waals surface area contributed by atoms with E-state index in [0.717, 1.165) is 0 Å². The second-order valence-corrected chi connectivity index (χ2v) is 3.84. The number of halogens is 2. The molecule has 18 heavy (non-hydrogen) atoms. The van der Waals surface area contributed by atoms with Crippen LogP contribution in [0.25, 0.3) is 0 Å². The molecule has 0 aliphatic carbocycles. The fourth-order valence-corrected chi connectivity index (χ4v) is 1.51. The van der Waals surface area contributed by atoms with Crippen LogP contribution in [-0.4, -0.2) is 15.0 Å². The van der Waals surface area contributed by atoms with Crippen LogP contribution in [0.1, 0.15) is 5.56 Å². The highest BCUT2D eigenvalue weighted by Crippen LogP contribution is 2.23. The Kier molecular flexibility index (Phi) is 3.42. The lowest BCUT2D eigenvalue weighted by atomic mass is 10.1. The fraction of sp³-hybridized carbons (Fsp3) is 0. The van der Waals surface area contributed by atoms with Gasteiger partial charge in [0.25, 0.3) is 0 Å². The van der Waals surface area contributed by atoms with Gasteiger partial charge in [-0.25, -0.2) is 18.7 Å².